The third kappa shape index (κ3) is 4.11. The van der Waals surface area contributed by atoms with E-state index in [9.17, 15) is 19.2 Å². The van der Waals surface area contributed by atoms with Gasteiger partial charge < -0.3 is 10.1 Å². The molecule has 154 valence electrons. The Hall–Kier alpha value is -3.04. The van der Waals surface area contributed by atoms with E-state index in [2.05, 4.69) is 27.9 Å². The standard InChI is InChI=1S/C23H13ClINO5/c24-20-17(23(30)31-11-18(27)26-13-7-5-12(25)6-8-13)10-9-16-19(20)22(29)15-4-2-1-3-14(15)21(16)28/h1-10H,11H2,(H,26,27). The summed E-state index contributed by atoms with van der Waals surface area (Å²) in [4.78, 5) is 50.2. The fourth-order valence-corrected chi connectivity index (χ4v) is 3.93. The molecule has 0 unspecified atom stereocenters. The number of ether oxygens (including phenoxy) is 1. The number of esters is 1. The second kappa shape index (κ2) is 8.60. The molecule has 3 aromatic carbocycles. The molecule has 0 fully saturated rings. The molecule has 6 nitrogen and oxygen atoms in total. The van der Waals surface area contributed by atoms with E-state index in [1.54, 1.807) is 30.3 Å². The van der Waals surface area contributed by atoms with Gasteiger partial charge in [-0.05, 0) is 59.0 Å². The van der Waals surface area contributed by atoms with Gasteiger partial charge in [-0.2, -0.15) is 0 Å². The van der Waals surface area contributed by atoms with E-state index >= 15 is 0 Å². The molecular weight excluding hydrogens is 533 g/mol. The van der Waals surface area contributed by atoms with Crippen molar-refractivity contribution in [1.29, 1.82) is 0 Å². The van der Waals surface area contributed by atoms with Gasteiger partial charge in [-0.3, -0.25) is 14.4 Å². The Morgan fingerprint density at radius 3 is 2.19 bits per heavy atom. The van der Waals surface area contributed by atoms with Gasteiger partial charge in [0.05, 0.1) is 16.1 Å². The first-order valence-corrected chi connectivity index (χ1v) is 10.6. The van der Waals surface area contributed by atoms with Gasteiger partial charge >= 0.3 is 5.97 Å². The molecule has 1 aliphatic rings. The molecule has 3 aromatic rings. The lowest BCUT2D eigenvalue weighted by Gasteiger charge is -2.19. The summed E-state index contributed by atoms with van der Waals surface area (Å²) in [5.74, 6) is -2.18. The van der Waals surface area contributed by atoms with Crippen LogP contribution in [0.1, 0.15) is 42.2 Å². The van der Waals surface area contributed by atoms with E-state index in [1.807, 2.05) is 12.1 Å². The number of carbonyl (C=O) groups excluding carboxylic acids is 4. The van der Waals surface area contributed by atoms with Crippen molar-refractivity contribution in [3.63, 3.8) is 0 Å². The first-order chi connectivity index (χ1) is 14.9. The Morgan fingerprint density at radius 2 is 1.52 bits per heavy atom. The van der Waals surface area contributed by atoms with E-state index in [4.69, 9.17) is 16.3 Å². The fraction of sp³-hybridized carbons (Fsp3) is 0.0435. The molecular formula is C23H13ClINO5. The number of ketones is 2. The lowest BCUT2D eigenvalue weighted by atomic mass is 9.83. The van der Waals surface area contributed by atoms with Gasteiger partial charge in [0.2, 0.25) is 0 Å². The van der Waals surface area contributed by atoms with Gasteiger partial charge in [0, 0.05) is 25.9 Å². The molecule has 1 aliphatic carbocycles. The molecule has 0 aromatic heterocycles. The highest BCUT2D eigenvalue weighted by atomic mass is 127. The summed E-state index contributed by atoms with van der Waals surface area (Å²) < 4.78 is 6.07. The Balaban J connectivity index is 1.52. The molecule has 0 spiro atoms. The zero-order valence-corrected chi connectivity index (χ0v) is 18.7. The van der Waals surface area contributed by atoms with Gasteiger partial charge in [-0.1, -0.05) is 35.9 Å². The molecule has 0 saturated carbocycles. The number of rotatable bonds is 4. The van der Waals surface area contributed by atoms with E-state index in [1.165, 1.54) is 18.2 Å². The van der Waals surface area contributed by atoms with Crippen LogP contribution in [0.3, 0.4) is 0 Å². The highest BCUT2D eigenvalue weighted by Gasteiger charge is 2.33. The maximum atomic E-state index is 12.9. The van der Waals surface area contributed by atoms with Gasteiger partial charge in [-0.25, -0.2) is 4.79 Å². The summed E-state index contributed by atoms with van der Waals surface area (Å²) in [5.41, 5.74) is 1.08. The van der Waals surface area contributed by atoms with Crippen LogP contribution >= 0.6 is 34.2 Å². The largest absolute Gasteiger partial charge is 0.452 e. The maximum Gasteiger partial charge on any atom is 0.340 e. The van der Waals surface area contributed by atoms with Crippen molar-refractivity contribution in [1.82, 2.24) is 0 Å². The first-order valence-electron chi connectivity index (χ1n) is 9.10. The number of hydrogen-bond acceptors (Lipinski definition) is 5. The minimum Gasteiger partial charge on any atom is -0.452 e. The fourth-order valence-electron chi connectivity index (χ4n) is 3.24. The van der Waals surface area contributed by atoms with Crippen LogP contribution in [0.4, 0.5) is 5.69 Å². The monoisotopic (exact) mass is 545 g/mol. The number of nitrogens with one attached hydrogen (secondary N) is 1. The third-order valence-corrected chi connectivity index (χ3v) is 5.82. The molecule has 0 heterocycles. The van der Waals surface area contributed by atoms with E-state index < -0.39 is 24.3 Å². The first kappa shape index (κ1) is 21.2. The summed E-state index contributed by atoms with van der Waals surface area (Å²) in [6.07, 6.45) is 0. The van der Waals surface area contributed by atoms with Gasteiger partial charge in [0.25, 0.3) is 5.91 Å². The topological polar surface area (TPSA) is 89.5 Å². The second-order valence-corrected chi connectivity index (χ2v) is 8.31. The minimum atomic E-state index is -0.871. The Labute approximate surface area is 195 Å². The summed E-state index contributed by atoms with van der Waals surface area (Å²) in [7, 11) is 0. The summed E-state index contributed by atoms with van der Waals surface area (Å²) in [6, 6.07) is 16.2. The van der Waals surface area contributed by atoms with Crippen molar-refractivity contribution in [2.45, 2.75) is 0 Å². The smallest absolute Gasteiger partial charge is 0.340 e. The van der Waals surface area contributed by atoms with Gasteiger partial charge in [0.15, 0.2) is 18.2 Å². The summed E-state index contributed by atoms with van der Waals surface area (Å²) in [5, 5.41) is 2.44. The van der Waals surface area contributed by atoms with Crippen molar-refractivity contribution < 1.29 is 23.9 Å². The number of halogens is 2. The molecule has 0 bridgehead atoms. The normalized spacial score (nSPS) is 12.1. The zero-order valence-electron chi connectivity index (χ0n) is 15.8. The Bertz CT molecular complexity index is 1250. The van der Waals surface area contributed by atoms with E-state index in [0.717, 1.165) is 3.57 Å². The predicted octanol–water partition coefficient (Wildman–Crippen LogP) is 4.52. The second-order valence-electron chi connectivity index (χ2n) is 6.68. The molecule has 0 saturated heterocycles. The van der Waals surface area contributed by atoms with Crippen LogP contribution in [0, 0.1) is 3.57 Å². The summed E-state index contributed by atoms with van der Waals surface area (Å²) >= 11 is 8.48. The van der Waals surface area contributed by atoms with Crippen molar-refractivity contribution in [3.05, 3.63) is 97.1 Å². The van der Waals surface area contributed by atoms with Crippen molar-refractivity contribution >= 4 is 63.3 Å². The van der Waals surface area contributed by atoms with Crippen LogP contribution in [0.15, 0.2) is 60.7 Å². The van der Waals surface area contributed by atoms with Crippen molar-refractivity contribution in [2.75, 3.05) is 11.9 Å². The molecule has 1 N–H and O–H groups in total. The van der Waals surface area contributed by atoms with Crippen molar-refractivity contribution in [3.8, 4) is 0 Å². The van der Waals surface area contributed by atoms with Crippen molar-refractivity contribution in [2.24, 2.45) is 0 Å². The Kier molecular flexibility index (Phi) is 5.88. The van der Waals surface area contributed by atoms with Crippen LogP contribution in [0.5, 0.6) is 0 Å². The molecule has 0 radical (unpaired) electrons. The predicted molar refractivity (Wildman–Crippen MR) is 123 cm³/mol. The van der Waals surface area contributed by atoms with E-state index in [0.29, 0.717) is 11.3 Å². The van der Waals surface area contributed by atoms with Crippen LogP contribution < -0.4 is 5.32 Å². The lowest BCUT2D eigenvalue weighted by Crippen LogP contribution is -2.24. The number of amides is 1. The lowest BCUT2D eigenvalue weighted by molar-refractivity contribution is -0.119. The molecule has 0 aliphatic heterocycles. The van der Waals surface area contributed by atoms with E-state index in [-0.39, 0.29) is 33.1 Å². The van der Waals surface area contributed by atoms with Gasteiger partial charge in [0.1, 0.15) is 0 Å². The quantitative estimate of drug-likeness (QED) is 0.301. The SMILES string of the molecule is O=C(COC(=O)c1ccc2c(c1Cl)C(=O)c1ccccc1C2=O)Nc1ccc(I)cc1. The minimum absolute atomic E-state index is 0.0387. The number of benzene rings is 3. The van der Waals surface area contributed by atoms with Crippen LogP contribution in [0.2, 0.25) is 5.02 Å². The van der Waals surface area contributed by atoms with Gasteiger partial charge in [-0.15, -0.1) is 0 Å². The average Bonchev–Trinajstić information content (AvgIpc) is 2.77. The molecule has 1 amide bonds. The maximum absolute atomic E-state index is 12.9. The highest BCUT2D eigenvalue weighted by Crippen LogP contribution is 2.34. The molecule has 0 atom stereocenters. The number of hydrogen-bond donors (Lipinski definition) is 1. The number of fused-ring (bicyclic) bond motifs is 2. The number of anilines is 1. The van der Waals surface area contributed by atoms with Crippen LogP contribution in [-0.4, -0.2) is 30.0 Å². The molecule has 31 heavy (non-hydrogen) atoms. The van der Waals surface area contributed by atoms with Crippen LogP contribution in [0.25, 0.3) is 0 Å². The summed E-state index contributed by atoms with van der Waals surface area (Å²) in [6.45, 7) is -0.534. The number of carbonyl (C=O) groups is 4. The van der Waals surface area contributed by atoms with Crippen LogP contribution in [-0.2, 0) is 9.53 Å². The molecule has 4 rings (SSSR count). The molecule has 8 heteroatoms. The average molecular weight is 546 g/mol. The zero-order chi connectivity index (χ0) is 22.1. The Morgan fingerprint density at radius 1 is 0.871 bits per heavy atom. The third-order valence-electron chi connectivity index (χ3n) is 4.71. The highest BCUT2D eigenvalue weighted by molar-refractivity contribution is 14.1.